The number of esters is 1. The van der Waals surface area contributed by atoms with E-state index in [-0.39, 0.29) is 11.9 Å². The summed E-state index contributed by atoms with van der Waals surface area (Å²) in [7, 11) is 9.36. The van der Waals surface area contributed by atoms with Gasteiger partial charge < -0.3 is 33.2 Å². The zero-order valence-corrected chi connectivity index (χ0v) is 19.0. The highest BCUT2D eigenvalue weighted by Gasteiger charge is 2.37. The maximum atomic E-state index is 12.5. The second-order valence-corrected chi connectivity index (χ2v) is 7.39. The van der Waals surface area contributed by atoms with Crippen LogP contribution in [0.15, 0.2) is 17.7 Å². The summed E-state index contributed by atoms with van der Waals surface area (Å²) < 4.78 is 39.5. The normalized spacial score (nSPS) is 18.0. The summed E-state index contributed by atoms with van der Waals surface area (Å²) in [5.74, 6) is 2.40. The molecule has 8 nitrogen and oxygen atoms in total. The van der Waals surface area contributed by atoms with Crippen LogP contribution in [0.4, 0.5) is 0 Å². The van der Waals surface area contributed by atoms with Crippen LogP contribution in [0.1, 0.15) is 11.1 Å². The Bertz CT molecular complexity index is 1100. The van der Waals surface area contributed by atoms with Crippen molar-refractivity contribution in [3.05, 3.63) is 28.8 Å². The first-order valence-electron chi connectivity index (χ1n) is 10.1. The molecule has 0 saturated carbocycles. The smallest absolute Gasteiger partial charge is 0.334 e. The molecule has 4 rings (SSSR count). The largest absolute Gasteiger partial charge is 0.493 e. The zero-order valence-electron chi connectivity index (χ0n) is 19.0. The first-order valence-corrected chi connectivity index (χ1v) is 10.1. The summed E-state index contributed by atoms with van der Waals surface area (Å²) in [5, 5.41) is 0. The van der Waals surface area contributed by atoms with E-state index >= 15 is 0 Å². The van der Waals surface area contributed by atoms with Gasteiger partial charge in [0.05, 0.1) is 49.3 Å². The Labute approximate surface area is 186 Å². The number of carbonyl (C=O) groups excluding carboxylic acids is 1. The van der Waals surface area contributed by atoms with E-state index in [1.54, 1.807) is 42.7 Å². The molecule has 1 heterocycles. The average molecular weight is 442 g/mol. The van der Waals surface area contributed by atoms with Crippen LogP contribution in [0.25, 0.3) is 17.2 Å². The molecule has 1 saturated heterocycles. The minimum absolute atomic E-state index is 0.115. The molecule has 1 fully saturated rings. The monoisotopic (exact) mass is 442 g/mol. The van der Waals surface area contributed by atoms with Crippen LogP contribution < -0.4 is 28.4 Å². The molecular weight excluding hydrogens is 416 g/mol. The Kier molecular flexibility index (Phi) is 5.78. The van der Waals surface area contributed by atoms with Crippen molar-refractivity contribution in [1.29, 1.82) is 0 Å². The van der Waals surface area contributed by atoms with Gasteiger partial charge in [-0.15, -0.1) is 0 Å². The zero-order chi connectivity index (χ0) is 23.0. The Morgan fingerprint density at radius 1 is 0.750 bits per heavy atom. The highest BCUT2D eigenvalue weighted by Crippen LogP contribution is 2.55. The van der Waals surface area contributed by atoms with Crippen molar-refractivity contribution in [2.75, 3.05) is 49.3 Å². The minimum atomic E-state index is -0.328. The van der Waals surface area contributed by atoms with E-state index in [0.29, 0.717) is 64.2 Å². The molecule has 2 aromatic rings. The Morgan fingerprint density at radius 3 is 1.88 bits per heavy atom. The lowest BCUT2D eigenvalue weighted by molar-refractivity contribution is -0.135. The number of methoxy groups -OCH3 is 6. The number of hydrogen-bond donors (Lipinski definition) is 0. The quantitative estimate of drug-likeness (QED) is 0.629. The van der Waals surface area contributed by atoms with E-state index in [0.717, 1.165) is 11.1 Å². The van der Waals surface area contributed by atoms with Gasteiger partial charge in [-0.2, -0.15) is 0 Å². The fourth-order valence-corrected chi connectivity index (χ4v) is 4.48. The van der Waals surface area contributed by atoms with Gasteiger partial charge in [0.15, 0.2) is 23.0 Å². The molecule has 2 aliphatic rings. The number of benzene rings is 2. The molecule has 8 heteroatoms. The molecule has 0 aromatic heterocycles. The second kappa shape index (κ2) is 8.53. The molecule has 1 aliphatic heterocycles. The van der Waals surface area contributed by atoms with Gasteiger partial charge in [0.2, 0.25) is 11.5 Å². The molecule has 1 unspecified atom stereocenters. The van der Waals surface area contributed by atoms with E-state index in [9.17, 15) is 4.79 Å². The molecule has 0 spiro atoms. The lowest BCUT2D eigenvalue weighted by Crippen LogP contribution is -2.13. The lowest BCUT2D eigenvalue weighted by Gasteiger charge is -2.26. The van der Waals surface area contributed by atoms with E-state index in [4.69, 9.17) is 33.2 Å². The molecule has 170 valence electrons. The van der Waals surface area contributed by atoms with Gasteiger partial charge >= 0.3 is 5.97 Å². The van der Waals surface area contributed by atoms with Gasteiger partial charge in [-0.3, -0.25) is 0 Å². The van der Waals surface area contributed by atoms with Gasteiger partial charge in [-0.1, -0.05) is 0 Å². The highest BCUT2D eigenvalue weighted by molar-refractivity contribution is 6.00. The SMILES string of the molecule is COc1cc2c(c(OC)c1OC)-c1c(cc(OC)c(OC)c1OC)CC1COC(=O)/C1=C/2. The van der Waals surface area contributed by atoms with Crippen molar-refractivity contribution in [1.82, 2.24) is 0 Å². The Hall–Kier alpha value is -3.55. The van der Waals surface area contributed by atoms with Gasteiger partial charge in [0.1, 0.15) is 0 Å². The van der Waals surface area contributed by atoms with E-state index in [1.165, 1.54) is 0 Å². The molecule has 0 bridgehead atoms. The number of cyclic esters (lactones) is 1. The maximum absolute atomic E-state index is 12.5. The third-order valence-electron chi connectivity index (χ3n) is 5.89. The van der Waals surface area contributed by atoms with Crippen molar-refractivity contribution < 1.29 is 38.0 Å². The minimum Gasteiger partial charge on any atom is -0.493 e. The van der Waals surface area contributed by atoms with Crippen LogP contribution in [0.5, 0.6) is 34.5 Å². The van der Waals surface area contributed by atoms with Crippen molar-refractivity contribution >= 4 is 12.0 Å². The predicted octanol–water partition coefficient (Wildman–Crippen LogP) is 3.52. The van der Waals surface area contributed by atoms with E-state index in [1.807, 2.05) is 18.2 Å². The molecule has 1 aliphatic carbocycles. The predicted molar refractivity (Wildman–Crippen MR) is 117 cm³/mol. The van der Waals surface area contributed by atoms with Crippen LogP contribution in [0.2, 0.25) is 0 Å². The van der Waals surface area contributed by atoms with Gasteiger partial charge in [0.25, 0.3) is 0 Å². The number of rotatable bonds is 6. The molecule has 0 radical (unpaired) electrons. The maximum Gasteiger partial charge on any atom is 0.334 e. The molecular formula is C24H26O8. The summed E-state index contributed by atoms with van der Waals surface area (Å²) >= 11 is 0. The van der Waals surface area contributed by atoms with Crippen molar-refractivity contribution in [3.8, 4) is 45.6 Å². The number of ether oxygens (including phenoxy) is 7. The number of hydrogen-bond acceptors (Lipinski definition) is 8. The fraction of sp³-hybridized carbons (Fsp3) is 0.375. The topological polar surface area (TPSA) is 81.7 Å². The summed E-state index contributed by atoms with van der Waals surface area (Å²) in [4.78, 5) is 12.5. The lowest BCUT2D eigenvalue weighted by atomic mass is 9.82. The Balaban J connectivity index is 2.20. The van der Waals surface area contributed by atoms with Crippen molar-refractivity contribution in [2.24, 2.45) is 5.92 Å². The molecule has 2 aromatic carbocycles. The number of carbonyl (C=O) groups is 1. The van der Waals surface area contributed by atoms with Gasteiger partial charge in [-0.05, 0) is 35.8 Å². The summed E-state index contributed by atoms with van der Waals surface area (Å²) in [6, 6.07) is 3.72. The third-order valence-corrected chi connectivity index (χ3v) is 5.89. The van der Waals surface area contributed by atoms with Crippen molar-refractivity contribution in [2.45, 2.75) is 6.42 Å². The summed E-state index contributed by atoms with van der Waals surface area (Å²) in [6.45, 7) is 0.306. The highest BCUT2D eigenvalue weighted by atomic mass is 16.5. The van der Waals surface area contributed by atoms with E-state index in [2.05, 4.69) is 0 Å². The van der Waals surface area contributed by atoms with Crippen LogP contribution in [-0.4, -0.2) is 55.2 Å². The molecule has 32 heavy (non-hydrogen) atoms. The van der Waals surface area contributed by atoms with Crippen LogP contribution in [0.3, 0.4) is 0 Å². The molecule has 0 amide bonds. The van der Waals surface area contributed by atoms with Crippen LogP contribution in [-0.2, 0) is 16.0 Å². The first kappa shape index (κ1) is 21.7. The average Bonchev–Trinajstić information content (AvgIpc) is 3.14. The molecule has 1 atom stereocenters. The van der Waals surface area contributed by atoms with E-state index < -0.39 is 0 Å². The summed E-state index contributed by atoms with van der Waals surface area (Å²) in [5.41, 5.74) is 3.68. The third kappa shape index (κ3) is 3.18. The second-order valence-electron chi connectivity index (χ2n) is 7.39. The molecule has 0 N–H and O–H groups in total. The van der Waals surface area contributed by atoms with Gasteiger partial charge in [0, 0.05) is 22.6 Å². The van der Waals surface area contributed by atoms with Crippen LogP contribution >= 0.6 is 0 Å². The summed E-state index contributed by atoms with van der Waals surface area (Å²) in [6.07, 6.45) is 2.37. The number of fused-ring (bicyclic) bond motifs is 4. The fourth-order valence-electron chi connectivity index (χ4n) is 4.48. The Morgan fingerprint density at radius 2 is 1.31 bits per heavy atom. The van der Waals surface area contributed by atoms with Crippen molar-refractivity contribution in [3.63, 3.8) is 0 Å². The standard InChI is InChI=1S/C24H26O8/c1-26-16-9-12-7-14-11-32-24(25)15(14)8-13-10-17(27-2)21(29-4)23(31-6)19(13)18(12)22(30-5)20(16)28-3/h8-10,14H,7,11H2,1-6H3/b15-8+. The van der Waals surface area contributed by atoms with Gasteiger partial charge in [-0.25, -0.2) is 4.79 Å². The first-order chi connectivity index (χ1) is 15.5. The van der Waals surface area contributed by atoms with Crippen LogP contribution in [0, 0.1) is 5.92 Å².